The number of carbonyl (C=O) groups excluding carboxylic acids is 1. The lowest BCUT2D eigenvalue weighted by atomic mass is 10.3. The summed E-state index contributed by atoms with van der Waals surface area (Å²) in [5.74, 6) is -0.247. The number of sulfone groups is 1. The van der Waals surface area contributed by atoms with Crippen LogP contribution in [0.4, 0.5) is 0 Å². The maximum Gasteiger partial charge on any atom is 0.261 e. The van der Waals surface area contributed by atoms with Crippen LogP contribution in [0.25, 0.3) is 0 Å². The van der Waals surface area contributed by atoms with Crippen molar-refractivity contribution in [2.75, 3.05) is 6.54 Å². The Morgan fingerprint density at radius 3 is 2.30 bits per heavy atom. The lowest BCUT2D eigenvalue weighted by Crippen LogP contribution is -2.31. The highest BCUT2D eigenvalue weighted by atomic mass is 32.2. The molecule has 0 saturated carbocycles. The van der Waals surface area contributed by atoms with Gasteiger partial charge in [0.1, 0.15) is 9.46 Å². The van der Waals surface area contributed by atoms with Crippen LogP contribution in [-0.4, -0.2) is 20.9 Å². The van der Waals surface area contributed by atoms with Gasteiger partial charge in [0.2, 0.25) is 0 Å². The van der Waals surface area contributed by atoms with Gasteiger partial charge in [0.05, 0.1) is 4.88 Å². The molecule has 8 heteroatoms. The number of hydrogen-bond donors (Lipinski definition) is 1. The normalized spacial score (nSPS) is 12.9. The fourth-order valence-electron chi connectivity index (χ4n) is 2.08. The van der Waals surface area contributed by atoms with Crippen molar-refractivity contribution in [3.63, 3.8) is 0 Å². The quantitative estimate of drug-likeness (QED) is 0.704. The molecule has 0 aromatic carbocycles. The molecule has 0 radical (unpaired) electrons. The Balaban J connectivity index is 1.84. The molecule has 0 saturated heterocycles. The molecular weight excluding hydrogens is 370 g/mol. The van der Waals surface area contributed by atoms with E-state index in [1.54, 1.807) is 35.7 Å². The summed E-state index contributed by atoms with van der Waals surface area (Å²) in [7, 11) is -3.53. The van der Waals surface area contributed by atoms with Crippen LogP contribution in [0.3, 0.4) is 0 Å². The first-order valence-corrected chi connectivity index (χ1v) is 10.9. The predicted octanol–water partition coefficient (Wildman–Crippen LogP) is 3.82. The molecule has 1 amide bonds. The van der Waals surface area contributed by atoms with Gasteiger partial charge in [-0.3, -0.25) is 4.79 Å². The highest BCUT2D eigenvalue weighted by Crippen LogP contribution is 2.33. The average molecular weight is 384 g/mol. The zero-order valence-corrected chi connectivity index (χ0v) is 15.1. The molecule has 1 N–H and O–H groups in total. The van der Waals surface area contributed by atoms with Crippen LogP contribution in [0.2, 0.25) is 0 Å². The standard InChI is InChI=1S/C15H13NO3S4/c17-15(12-5-2-8-21-12)16-10-13(11-4-1-7-20-11)23(18,19)14-6-3-9-22-14/h1-9,13H,10H2,(H,16,17)/t13-/m1/s1. The Morgan fingerprint density at radius 1 is 1.00 bits per heavy atom. The molecule has 4 nitrogen and oxygen atoms in total. The molecule has 120 valence electrons. The average Bonchev–Trinajstić information content (AvgIpc) is 3.27. The van der Waals surface area contributed by atoms with Gasteiger partial charge >= 0.3 is 0 Å². The molecule has 0 spiro atoms. The van der Waals surface area contributed by atoms with Crippen molar-refractivity contribution >= 4 is 49.8 Å². The van der Waals surface area contributed by atoms with Gasteiger partial charge in [0.25, 0.3) is 5.91 Å². The summed E-state index contributed by atoms with van der Waals surface area (Å²) >= 11 is 3.90. The maximum absolute atomic E-state index is 12.9. The number of rotatable bonds is 6. The van der Waals surface area contributed by atoms with Crippen LogP contribution in [0.15, 0.2) is 56.7 Å². The van der Waals surface area contributed by atoms with Gasteiger partial charge < -0.3 is 5.32 Å². The Kier molecular flexibility index (Phi) is 4.96. The summed E-state index contributed by atoms with van der Waals surface area (Å²) in [4.78, 5) is 13.4. The van der Waals surface area contributed by atoms with E-state index in [0.29, 0.717) is 9.09 Å². The Hall–Kier alpha value is -1.48. The Labute approximate surface area is 146 Å². The zero-order chi connectivity index (χ0) is 16.3. The van der Waals surface area contributed by atoms with Gasteiger partial charge in [0.15, 0.2) is 9.84 Å². The number of hydrogen-bond acceptors (Lipinski definition) is 6. The van der Waals surface area contributed by atoms with Crippen LogP contribution in [0, 0.1) is 0 Å². The van der Waals surface area contributed by atoms with Crippen molar-refractivity contribution < 1.29 is 13.2 Å². The van der Waals surface area contributed by atoms with Gasteiger partial charge in [-0.1, -0.05) is 18.2 Å². The number of carbonyl (C=O) groups is 1. The van der Waals surface area contributed by atoms with Gasteiger partial charge in [-0.15, -0.1) is 34.0 Å². The number of thiophene rings is 3. The molecule has 3 heterocycles. The lowest BCUT2D eigenvalue weighted by molar-refractivity contribution is 0.0958. The van der Waals surface area contributed by atoms with Crippen molar-refractivity contribution in [2.24, 2.45) is 0 Å². The largest absolute Gasteiger partial charge is 0.350 e. The van der Waals surface area contributed by atoms with Crippen molar-refractivity contribution in [1.82, 2.24) is 5.32 Å². The van der Waals surface area contributed by atoms with E-state index in [1.165, 1.54) is 34.0 Å². The van der Waals surface area contributed by atoms with E-state index in [2.05, 4.69) is 5.32 Å². The Bertz CT molecular complexity index is 850. The van der Waals surface area contributed by atoms with Crippen LogP contribution in [0.1, 0.15) is 19.8 Å². The van der Waals surface area contributed by atoms with Gasteiger partial charge in [-0.05, 0) is 34.3 Å². The summed E-state index contributed by atoms with van der Waals surface area (Å²) in [5, 5.41) is 7.36. The molecule has 0 unspecified atom stereocenters. The second-order valence-corrected chi connectivity index (χ2v) is 9.90. The molecule has 0 bridgehead atoms. The van der Waals surface area contributed by atoms with E-state index in [9.17, 15) is 13.2 Å². The van der Waals surface area contributed by atoms with E-state index in [0.717, 1.165) is 4.88 Å². The molecular formula is C15H13NO3S4. The highest BCUT2D eigenvalue weighted by Gasteiger charge is 2.31. The summed E-state index contributed by atoms with van der Waals surface area (Å²) in [6.45, 7) is 0.0531. The molecule has 0 fully saturated rings. The third-order valence-electron chi connectivity index (χ3n) is 3.20. The van der Waals surface area contributed by atoms with Gasteiger partial charge in [-0.2, -0.15) is 0 Å². The minimum atomic E-state index is -3.53. The number of amides is 1. The van der Waals surface area contributed by atoms with E-state index in [-0.39, 0.29) is 12.5 Å². The molecule has 3 rings (SSSR count). The smallest absolute Gasteiger partial charge is 0.261 e. The molecule has 3 aromatic heterocycles. The monoisotopic (exact) mass is 383 g/mol. The van der Waals surface area contributed by atoms with Crippen molar-refractivity contribution in [3.8, 4) is 0 Å². The predicted molar refractivity (Wildman–Crippen MR) is 95.2 cm³/mol. The first-order valence-electron chi connectivity index (χ1n) is 6.71. The molecule has 1 atom stereocenters. The molecule has 3 aromatic rings. The summed E-state index contributed by atoms with van der Waals surface area (Å²) < 4.78 is 26.0. The van der Waals surface area contributed by atoms with Gasteiger partial charge in [0, 0.05) is 11.4 Å². The minimum Gasteiger partial charge on any atom is -0.350 e. The SMILES string of the molecule is O=C(NC[C@H](c1cccs1)S(=O)(=O)c1cccs1)c1cccs1. The van der Waals surface area contributed by atoms with Crippen LogP contribution in [0.5, 0.6) is 0 Å². The molecule has 0 aliphatic heterocycles. The van der Waals surface area contributed by atoms with E-state index in [1.807, 2.05) is 16.8 Å². The molecule has 23 heavy (non-hydrogen) atoms. The maximum atomic E-state index is 12.9. The fourth-order valence-corrected chi connectivity index (χ4v) is 6.71. The zero-order valence-electron chi connectivity index (χ0n) is 11.8. The van der Waals surface area contributed by atoms with Crippen LogP contribution in [-0.2, 0) is 9.84 Å². The first-order chi connectivity index (χ1) is 11.1. The van der Waals surface area contributed by atoms with Gasteiger partial charge in [-0.25, -0.2) is 8.42 Å². The third kappa shape index (κ3) is 3.55. The fraction of sp³-hybridized carbons (Fsp3) is 0.133. The topological polar surface area (TPSA) is 63.2 Å². The number of nitrogens with one attached hydrogen (secondary N) is 1. The van der Waals surface area contributed by atoms with E-state index < -0.39 is 15.1 Å². The second-order valence-electron chi connectivity index (χ2n) is 4.67. The van der Waals surface area contributed by atoms with Crippen molar-refractivity contribution in [2.45, 2.75) is 9.46 Å². The van der Waals surface area contributed by atoms with Crippen LogP contribution < -0.4 is 5.32 Å². The summed E-state index contributed by atoms with van der Waals surface area (Å²) in [6.07, 6.45) is 0. The summed E-state index contributed by atoms with van der Waals surface area (Å²) in [5.41, 5.74) is 0. The first kappa shape index (κ1) is 16.4. The van der Waals surface area contributed by atoms with Crippen molar-refractivity contribution in [1.29, 1.82) is 0 Å². The minimum absolute atomic E-state index is 0.0531. The van der Waals surface area contributed by atoms with Crippen molar-refractivity contribution in [3.05, 3.63) is 62.3 Å². The second kappa shape index (κ2) is 6.96. The molecule has 0 aliphatic carbocycles. The Morgan fingerprint density at radius 2 is 1.70 bits per heavy atom. The van der Waals surface area contributed by atoms with E-state index >= 15 is 0 Å². The summed E-state index contributed by atoms with van der Waals surface area (Å²) in [6, 6.07) is 10.4. The van der Waals surface area contributed by atoms with E-state index in [4.69, 9.17) is 0 Å². The lowest BCUT2D eigenvalue weighted by Gasteiger charge is -2.16. The molecule has 0 aliphatic rings. The third-order valence-corrected chi connectivity index (χ3v) is 8.72. The van der Waals surface area contributed by atoms with Crippen LogP contribution >= 0.6 is 34.0 Å². The highest BCUT2D eigenvalue weighted by molar-refractivity contribution is 7.93.